The minimum atomic E-state index is -0.507. The first-order chi connectivity index (χ1) is 12.5. The van der Waals surface area contributed by atoms with Crippen LogP contribution in [0.25, 0.3) is 0 Å². The molecule has 0 N–H and O–H groups in total. The Labute approximate surface area is 152 Å². The summed E-state index contributed by atoms with van der Waals surface area (Å²) in [6.07, 6.45) is 0.688. The standard InChI is InChI=1S/C20H22O6/c1-4-6-15-18-13(9-11(26-15)10-16(21)25-3)19(22)12-7-5-8-14(24-2)17(12)20(18)23/h5,7-8,11,15H,4,6,9-10H2,1-3H3/t11-,15-/m1/s1. The third-order valence-corrected chi connectivity index (χ3v) is 4.85. The number of esters is 1. The SMILES string of the molecule is CCC[C@H]1O[C@@H](CC(=O)OC)CC2=C1C(=O)c1c(OC)cccc1C2=O. The van der Waals surface area contributed by atoms with E-state index in [4.69, 9.17) is 14.2 Å². The van der Waals surface area contributed by atoms with Crippen LogP contribution < -0.4 is 4.74 Å². The van der Waals surface area contributed by atoms with Crippen LogP contribution >= 0.6 is 0 Å². The van der Waals surface area contributed by atoms with E-state index in [9.17, 15) is 14.4 Å². The lowest BCUT2D eigenvalue weighted by Crippen LogP contribution is -2.39. The summed E-state index contributed by atoms with van der Waals surface area (Å²) in [5, 5.41) is 0. The number of benzene rings is 1. The van der Waals surface area contributed by atoms with Crippen LogP contribution in [0.15, 0.2) is 29.3 Å². The molecule has 1 aromatic carbocycles. The van der Waals surface area contributed by atoms with Gasteiger partial charge in [-0.15, -0.1) is 0 Å². The van der Waals surface area contributed by atoms with Gasteiger partial charge in [-0.05, 0) is 12.5 Å². The third kappa shape index (κ3) is 3.05. The van der Waals surface area contributed by atoms with Crippen molar-refractivity contribution in [3.63, 3.8) is 0 Å². The molecule has 0 unspecified atom stereocenters. The number of hydrogen-bond acceptors (Lipinski definition) is 6. The van der Waals surface area contributed by atoms with Gasteiger partial charge in [0.05, 0.1) is 38.4 Å². The molecule has 26 heavy (non-hydrogen) atoms. The Bertz CT molecular complexity index is 791. The van der Waals surface area contributed by atoms with Crippen LogP contribution in [0.5, 0.6) is 5.75 Å². The van der Waals surface area contributed by atoms with Crippen LogP contribution in [0.4, 0.5) is 0 Å². The Morgan fingerprint density at radius 3 is 2.65 bits per heavy atom. The zero-order chi connectivity index (χ0) is 18.8. The number of methoxy groups -OCH3 is 2. The van der Waals surface area contributed by atoms with E-state index in [1.165, 1.54) is 14.2 Å². The fourth-order valence-electron chi connectivity index (χ4n) is 3.66. The molecular weight excluding hydrogens is 336 g/mol. The van der Waals surface area contributed by atoms with E-state index >= 15 is 0 Å². The van der Waals surface area contributed by atoms with Crippen LogP contribution in [-0.4, -0.2) is 44.0 Å². The fraction of sp³-hybridized carbons (Fsp3) is 0.450. The highest BCUT2D eigenvalue weighted by Crippen LogP contribution is 2.40. The number of carbonyl (C=O) groups is 3. The highest BCUT2D eigenvalue weighted by molar-refractivity contribution is 6.28. The quantitative estimate of drug-likeness (QED) is 0.753. The highest BCUT2D eigenvalue weighted by atomic mass is 16.5. The molecule has 2 aliphatic rings. The number of rotatable bonds is 5. The zero-order valence-electron chi connectivity index (χ0n) is 15.2. The van der Waals surface area contributed by atoms with Gasteiger partial charge in [0.2, 0.25) is 0 Å². The predicted octanol–water partition coefficient (Wildman–Crippen LogP) is 2.89. The molecule has 0 radical (unpaired) electrons. The van der Waals surface area contributed by atoms with Crippen molar-refractivity contribution in [2.45, 2.75) is 44.8 Å². The van der Waals surface area contributed by atoms with E-state index in [0.29, 0.717) is 34.4 Å². The molecule has 0 saturated heterocycles. The zero-order valence-corrected chi connectivity index (χ0v) is 15.2. The Kier molecular flexibility index (Phi) is 5.23. The molecule has 1 aliphatic carbocycles. The van der Waals surface area contributed by atoms with E-state index in [1.807, 2.05) is 6.92 Å². The van der Waals surface area contributed by atoms with Crippen molar-refractivity contribution < 1.29 is 28.6 Å². The maximum atomic E-state index is 13.2. The van der Waals surface area contributed by atoms with Crippen molar-refractivity contribution in [1.29, 1.82) is 0 Å². The minimum absolute atomic E-state index is 0.0555. The van der Waals surface area contributed by atoms with E-state index in [0.717, 1.165) is 6.42 Å². The lowest BCUT2D eigenvalue weighted by atomic mass is 9.77. The van der Waals surface area contributed by atoms with Crippen LogP contribution in [0, 0.1) is 0 Å². The summed E-state index contributed by atoms with van der Waals surface area (Å²) < 4.78 is 16.0. The van der Waals surface area contributed by atoms with Gasteiger partial charge in [0.1, 0.15) is 5.75 Å². The summed E-state index contributed by atoms with van der Waals surface area (Å²) in [6, 6.07) is 5.01. The summed E-state index contributed by atoms with van der Waals surface area (Å²) in [6.45, 7) is 1.98. The summed E-state index contributed by atoms with van der Waals surface area (Å²) in [7, 11) is 2.79. The summed E-state index contributed by atoms with van der Waals surface area (Å²) in [5.74, 6) is -0.417. The number of ether oxygens (including phenoxy) is 3. The number of ketones is 2. The van der Waals surface area contributed by atoms with E-state index in [1.54, 1.807) is 18.2 Å². The van der Waals surface area contributed by atoms with Gasteiger partial charge in [-0.2, -0.15) is 0 Å². The first kappa shape index (κ1) is 18.3. The summed E-state index contributed by atoms with van der Waals surface area (Å²) in [5.41, 5.74) is 1.52. The average Bonchev–Trinajstić information content (AvgIpc) is 2.65. The third-order valence-electron chi connectivity index (χ3n) is 4.85. The van der Waals surface area contributed by atoms with Crippen molar-refractivity contribution in [3.8, 4) is 5.75 Å². The number of hydrogen-bond donors (Lipinski definition) is 0. The molecule has 0 saturated carbocycles. The van der Waals surface area contributed by atoms with E-state index < -0.39 is 18.2 Å². The molecule has 1 heterocycles. The molecule has 1 aliphatic heterocycles. The van der Waals surface area contributed by atoms with Gasteiger partial charge < -0.3 is 14.2 Å². The Balaban J connectivity index is 2.06. The average molecular weight is 358 g/mol. The fourth-order valence-corrected chi connectivity index (χ4v) is 3.66. The summed E-state index contributed by atoms with van der Waals surface area (Å²) >= 11 is 0. The second kappa shape index (κ2) is 7.41. The Hall–Kier alpha value is -2.47. The van der Waals surface area contributed by atoms with Crippen LogP contribution in [-0.2, 0) is 14.3 Å². The molecule has 6 nitrogen and oxygen atoms in total. The molecule has 0 spiro atoms. The van der Waals surface area contributed by atoms with Gasteiger partial charge in [0, 0.05) is 23.1 Å². The van der Waals surface area contributed by atoms with Crippen molar-refractivity contribution in [2.75, 3.05) is 14.2 Å². The molecule has 138 valence electrons. The Morgan fingerprint density at radius 1 is 1.23 bits per heavy atom. The summed E-state index contributed by atoms with van der Waals surface area (Å²) in [4.78, 5) is 37.9. The second-order valence-electron chi connectivity index (χ2n) is 6.45. The first-order valence-corrected chi connectivity index (χ1v) is 8.73. The molecule has 0 bridgehead atoms. The molecule has 0 aromatic heterocycles. The van der Waals surface area contributed by atoms with Crippen LogP contribution in [0.3, 0.4) is 0 Å². The molecule has 2 atom stereocenters. The lowest BCUT2D eigenvalue weighted by molar-refractivity contribution is -0.145. The van der Waals surface area contributed by atoms with Gasteiger partial charge in [0.15, 0.2) is 11.6 Å². The van der Waals surface area contributed by atoms with Crippen molar-refractivity contribution >= 4 is 17.5 Å². The van der Waals surface area contributed by atoms with Gasteiger partial charge in [0.25, 0.3) is 0 Å². The van der Waals surface area contributed by atoms with Crippen molar-refractivity contribution in [2.24, 2.45) is 0 Å². The first-order valence-electron chi connectivity index (χ1n) is 8.73. The van der Waals surface area contributed by atoms with Crippen molar-refractivity contribution in [1.82, 2.24) is 0 Å². The second-order valence-corrected chi connectivity index (χ2v) is 6.45. The lowest BCUT2D eigenvalue weighted by Gasteiger charge is -2.35. The number of Topliss-reactive ketones (excluding diaryl/α,β-unsaturated/α-hetero) is 2. The number of fused-ring (bicyclic) bond motifs is 1. The van der Waals surface area contributed by atoms with E-state index in [-0.39, 0.29) is 24.4 Å². The molecule has 0 amide bonds. The highest BCUT2D eigenvalue weighted by Gasteiger charge is 2.42. The van der Waals surface area contributed by atoms with Crippen molar-refractivity contribution in [3.05, 3.63) is 40.5 Å². The minimum Gasteiger partial charge on any atom is -0.496 e. The maximum absolute atomic E-state index is 13.2. The largest absolute Gasteiger partial charge is 0.496 e. The normalized spacial score (nSPS) is 22.0. The van der Waals surface area contributed by atoms with Gasteiger partial charge >= 0.3 is 5.97 Å². The van der Waals surface area contributed by atoms with E-state index in [2.05, 4.69) is 0 Å². The smallest absolute Gasteiger partial charge is 0.308 e. The predicted molar refractivity (Wildman–Crippen MR) is 93.5 cm³/mol. The number of carbonyl (C=O) groups excluding carboxylic acids is 3. The maximum Gasteiger partial charge on any atom is 0.308 e. The topological polar surface area (TPSA) is 78.9 Å². The van der Waals surface area contributed by atoms with Gasteiger partial charge in [-0.25, -0.2) is 0 Å². The van der Waals surface area contributed by atoms with Gasteiger partial charge in [-0.3, -0.25) is 14.4 Å². The molecule has 6 heteroatoms. The molecular formula is C20H22O6. The molecule has 0 fully saturated rings. The molecule has 3 rings (SSSR count). The van der Waals surface area contributed by atoms with Crippen LogP contribution in [0.2, 0.25) is 0 Å². The monoisotopic (exact) mass is 358 g/mol. The van der Waals surface area contributed by atoms with Gasteiger partial charge in [-0.1, -0.05) is 25.5 Å². The Morgan fingerprint density at radius 2 is 2.00 bits per heavy atom. The van der Waals surface area contributed by atoms with Crippen LogP contribution in [0.1, 0.15) is 53.3 Å². The molecule has 1 aromatic rings.